The highest BCUT2D eigenvalue weighted by molar-refractivity contribution is 5.71. The maximum Gasteiger partial charge on any atom is 0.309 e. The maximum atomic E-state index is 10.7. The molecule has 4 nitrogen and oxygen atoms in total. The first-order valence-corrected chi connectivity index (χ1v) is 5.53. The van der Waals surface area contributed by atoms with E-state index in [1.165, 1.54) is 5.56 Å². The molecule has 1 aliphatic rings. The van der Waals surface area contributed by atoms with Gasteiger partial charge in [0.05, 0.1) is 5.92 Å². The van der Waals surface area contributed by atoms with Gasteiger partial charge in [0.15, 0.2) is 0 Å². The van der Waals surface area contributed by atoms with Crippen LogP contribution >= 0.6 is 0 Å². The Kier molecular flexibility index (Phi) is 2.76. The van der Waals surface area contributed by atoms with Crippen LogP contribution in [0.4, 0.5) is 0 Å². The third-order valence-electron chi connectivity index (χ3n) is 3.34. The fourth-order valence-electron chi connectivity index (χ4n) is 2.25. The second-order valence-corrected chi connectivity index (χ2v) is 4.53. The van der Waals surface area contributed by atoms with E-state index in [9.17, 15) is 4.79 Å². The first-order chi connectivity index (χ1) is 7.49. The van der Waals surface area contributed by atoms with E-state index in [1.807, 2.05) is 19.9 Å². The Labute approximate surface area is 94.9 Å². The van der Waals surface area contributed by atoms with E-state index in [0.717, 1.165) is 11.5 Å². The largest absolute Gasteiger partial charge is 0.481 e. The highest BCUT2D eigenvalue weighted by Gasteiger charge is 2.36. The molecule has 0 amide bonds. The van der Waals surface area contributed by atoms with Gasteiger partial charge in [-0.25, -0.2) is 0 Å². The van der Waals surface area contributed by atoms with Gasteiger partial charge in [0, 0.05) is 24.7 Å². The van der Waals surface area contributed by atoms with Gasteiger partial charge in [0.25, 0.3) is 0 Å². The van der Waals surface area contributed by atoms with Crippen LogP contribution in [0.1, 0.15) is 30.0 Å². The number of rotatable bonds is 3. The number of likely N-dealkylation sites (tertiary alicyclic amines) is 1. The highest BCUT2D eigenvalue weighted by atomic mass is 16.4. The molecule has 16 heavy (non-hydrogen) atoms. The average molecular weight is 223 g/mol. The summed E-state index contributed by atoms with van der Waals surface area (Å²) in [5.41, 5.74) is 1.17. The van der Waals surface area contributed by atoms with Crippen molar-refractivity contribution in [2.45, 2.75) is 26.8 Å². The van der Waals surface area contributed by atoms with Gasteiger partial charge in [0.2, 0.25) is 0 Å². The fourth-order valence-corrected chi connectivity index (χ4v) is 2.25. The number of aryl methyl sites for hydroxylation is 2. The van der Waals surface area contributed by atoms with Gasteiger partial charge in [-0.15, -0.1) is 0 Å². The summed E-state index contributed by atoms with van der Waals surface area (Å²) in [7, 11) is 0. The molecule has 0 spiro atoms. The third-order valence-corrected chi connectivity index (χ3v) is 3.34. The number of furan rings is 1. The van der Waals surface area contributed by atoms with Crippen LogP contribution in [-0.4, -0.2) is 29.1 Å². The highest BCUT2D eigenvalue weighted by Crippen LogP contribution is 2.31. The predicted octanol–water partition coefficient (Wildman–Crippen LogP) is 1.97. The minimum Gasteiger partial charge on any atom is -0.481 e. The van der Waals surface area contributed by atoms with Gasteiger partial charge in [0.1, 0.15) is 11.5 Å². The lowest BCUT2D eigenvalue weighted by Crippen LogP contribution is -2.51. The van der Waals surface area contributed by atoms with Crippen LogP contribution in [0.25, 0.3) is 0 Å². The summed E-state index contributed by atoms with van der Waals surface area (Å²) in [4.78, 5) is 12.9. The molecular formula is C12H17NO3. The second-order valence-electron chi connectivity index (χ2n) is 4.53. The Morgan fingerprint density at radius 3 is 2.62 bits per heavy atom. The van der Waals surface area contributed by atoms with Gasteiger partial charge in [-0.3, -0.25) is 9.69 Å². The van der Waals surface area contributed by atoms with Crippen LogP contribution in [-0.2, 0) is 4.79 Å². The lowest BCUT2D eigenvalue weighted by Gasteiger charge is -2.40. The van der Waals surface area contributed by atoms with Crippen molar-refractivity contribution < 1.29 is 14.3 Å². The molecule has 1 saturated heterocycles. The number of carboxylic acid groups (broad SMARTS) is 1. The normalized spacial score (nSPS) is 19.4. The third kappa shape index (κ3) is 1.85. The van der Waals surface area contributed by atoms with Crippen molar-refractivity contribution in [3.05, 3.63) is 23.2 Å². The van der Waals surface area contributed by atoms with E-state index in [4.69, 9.17) is 9.52 Å². The minimum absolute atomic E-state index is 0.198. The van der Waals surface area contributed by atoms with Gasteiger partial charge in [-0.1, -0.05) is 0 Å². The summed E-state index contributed by atoms with van der Waals surface area (Å²) in [5.74, 6) is 0.956. The van der Waals surface area contributed by atoms with E-state index in [2.05, 4.69) is 11.8 Å². The summed E-state index contributed by atoms with van der Waals surface area (Å²) in [5, 5.41) is 8.82. The van der Waals surface area contributed by atoms with Crippen LogP contribution < -0.4 is 0 Å². The van der Waals surface area contributed by atoms with Crippen molar-refractivity contribution in [2.24, 2.45) is 5.92 Å². The average Bonchev–Trinajstić information content (AvgIpc) is 2.41. The Morgan fingerprint density at radius 2 is 2.19 bits per heavy atom. The van der Waals surface area contributed by atoms with E-state index in [-0.39, 0.29) is 12.0 Å². The molecule has 1 atom stereocenters. The SMILES string of the molecule is Cc1cc(C(C)N2CC(C(=O)O)C2)c(C)o1. The summed E-state index contributed by atoms with van der Waals surface area (Å²) >= 11 is 0. The molecule has 1 unspecified atom stereocenters. The zero-order valence-electron chi connectivity index (χ0n) is 9.86. The number of aliphatic carboxylic acids is 1. The van der Waals surface area contributed by atoms with Crippen molar-refractivity contribution >= 4 is 5.97 Å². The molecule has 1 aliphatic heterocycles. The summed E-state index contributed by atoms with van der Waals surface area (Å²) in [6, 6.07) is 2.28. The van der Waals surface area contributed by atoms with E-state index < -0.39 is 5.97 Å². The molecule has 2 heterocycles. The van der Waals surface area contributed by atoms with Gasteiger partial charge in [-0.05, 0) is 26.8 Å². The summed E-state index contributed by atoms with van der Waals surface area (Å²) in [6.07, 6.45) is 0. The van der Waals surface area contributed by atoms with Crippen LogP contribution in [0.2, 0.25) is 0 Å². The topological polar surface area (TPSA) is 53.7 Å². The number of hydrogen-bond acceptors (Lipinski definition) is 3. The van der Waals surface area contributed by atoms with E-state index in [1.54, 1.807) is 0 Å². The molecule has 1 aromatic rings. The van der Waals surface area contributed by atoms with Gasteiger partial charge in [-0.2, -0.15) is 0 Å². The lowest BCUT2D eigenvalue weighted by molar-refractivity contribution is -0.148. The molecule has 1 fully saturated rings. The number of nitrogens with zero attached hydrogens (tertiary/aromatic N) is 1. The standard InChI is InChI=1S/C12H17NO3/c1-7-4-11(9(3)16-7)8(2)13-5-10(6-13)12(14)15/h4,8,10H,5-6H2,1-3H3,(H,14,15). The second kappa shape index (κ2) is 3.94. The van der Waals surface area contributed by atoms with E-state index >= 15 is 0 Å². The number of carbonyl (C=O) groups is 1. The van der Waals surface area contributed by atoms with Crippen LogP contribution in [0.15, 0.2) is 10.5 Å². The maximum absolute atomic E-state index is 10.7. The Balaban J connectivity index is 2.02. The molecule has 1 aromatic heterocycles. The number of carboxylic acids is 1. The predicted molar refractivity (Wildman–Crippen MR) is 59.3 cm³/mol. The van der Waals surface area contributed by atoms with Crippen molar-refractivity contribution in [3.63, 3.8) is 0 Å². The van der Waals surface area contributed by atoms with E-state index in [0.29, 0.717) is 13.1 Å². The lowest BCUT2D eigenvalue weighted by atomic mass is 9.95. The van der Waals surface area contributed by atoms with Crippen molar-refractivity contribution in [1.82, 2.24) is 4.90 Å². The zero-order chi connectivity index (χ0) is 11.9. The smallest absolute Gasteiger partial charge is 0.309 e. The first-order valence-electron chi connectivity index (χ1n) is 5.53. The Bertz CT molecular complexity index is 404. The van der Waals surface area contributed by atoms with Crippen LogP contribution in [0.3, 0.4) is 0 Å². The number of hydrogen-bond donors (Lipinski definition) is 1. The molecule has 1 N–H and O–H groups in total. The van der Waals surface area contributed by atoms with Crippen LogP contribution in [0, 0.1) is 19.8 Å². The minimum atomic E-state index is -0.691. The van der Waals surface area contributed by atoms with Crippen molar-refractivity contribution in [3.8, 4) is 0 Å². The molecule has 2 rings (SSSR count). The van der Waals surface area contributed by atoms with Gasteiger partial charge < -0.3 is 9.52 Å². The van der Waals surface area contributed by atoms with Crippen molar-refractivity contribution in [2.75, 3.05) is 13.1 Å². The van der Waals surface area contributed by atoms with Crippen molar-refractivity contribution in [1.29, 1.82) is 0 Å². The summed E-state index contributed by atoms with van der Waals surface area (Å²) in [6.45, 7) is 7.25. The molecular weight excluding hydrogens is 206 g/mol. The molecule has 0 bridgehead atoms. The molecule has 0 aliphatic carbocycles. The molecule has 88 valence electrons. The quantitative estimate of drug-likeness (QED) is 0.851. The fraction of sp³-hybridized carbons (Fsp3) is 0.583. The zero-order valence-corrected chi connectivity index (χ0v) is 9.86. The Morgan fingerprint density at radius 1 is 1.56 bits per heavy atom. The molecule has 0 aromatic carbocycles. The molecule has 4 heteroatoms. The first kappa shape index (κ1) is 11.2. The van der Waals surface area contributed by atoms with Gasteiger partial charge >= 0.3 is 5.97 Å². The Hall–Kier alpha value is -1.29. The summed E-state index contributed by atoms with van der Waals surface area (Å²) < 4.78 is 5.49. The molecule has 0 saturated carbocycles. The monoisotopic (exact) mass is 223 g/mol. The van der Waals surface area contributed by atoms with Crippen LogP contribution in [0.5, 0.6) is 0 Å². The molecule has 0 radical (unpaired) electrons.